The Balaban J connectivity index is 2.34. The highest BCUT2D eigenvalue weighted by Crippen LogP contribution is 2.11. The summed E-state index contributed by atoms with van der Waals surface area (Å²) < 4.78 is 0.998. The normalized spacial score (nSPS) is 12.5. The van der Waals surface area contributed by atoms with Crippen molar-refractivity contribution >= 4 is 21.7 Å². The van der Waals surface area contributed by atoms with Gasteiger partial charge < -0.3 is 11.1 Å². The van der Waals surface area contributed by atoms with Crippen molar-refractivity contribution in [2.75, 3.05) is 18.4 Å². The molecule has 0 aromatic carbocycles. The van der Waals surface area contributed by atoms with Gasteiger partial charge in [-0.25, -0.2) is 4.98 Å². The van der Waals surface area contributed by atoms with Gasteiger partial charge in [0.05, 0.1) is 0 Å². The van der Waals surface area contributed by atoms with E-state index in [9.17, 15) is 0 Å². The summed E-state index contributed by atoms with van der Waals surface area (Å²) in [5, 5.41) is 3.27. The molecule has 0 bridgehead atoms. The first-order chi connectivity index (χ1) is 6.72. The first kappa shape index (κ1) is 11.5. The maximum Gasteiger partial charge on any atom is 0.125 e. The molecule has 0 aliphatic carbocycles. The Hall–Kier alpha value is -0.610. The van der Waals surface area contributed by atoms with Gasteiger partial charge >= 0.3 is 0 Å². The summed E-state index contributed by atoms with van der Waals surface area (Å²) in [6.07, 6.45) is 2.83. The number of nitrogens with one attached hydrogen (secondary N) is 1. The SMILES string of the molecule is CC(CCN)CNc1ccc(Br)cn1. The molecule has 1 aromatic rings. The minimum Gasteiger partial charge on any atom is -0.370 e. The van der Waals surface area contributed by atoms with E-state index in [0.29, 0.717) is 5.92 Å². The molecular formula is C10H16BrN3. The number of rotatable bonds is 5. The van der Waals surface area contributed by atoms with Crippen LogP contribution in [-0.4, -0.2) is 18.1 Å². The Morgan fingerprint density at radius 3 is 2.93 bits per heavy atom. The van der Waals surface area contributed by atoms with Gasteiger partial charge in [-0.3, -0.25) is 0 Å². The van der Waals surface area contributed by atoms with E-state index in [0.717, 1.165) is 29.8 Å². The van der Waals surface area contributed by atoms with Gasteiger partial charge in [0.1, 0.15) is 5.82 Å². The van der Waals surface area contributed by atoms with Crippen LogP contribution < -0.4 is 11.1 Å². The summed E-state index contributed by atoms with van der Waals surface area (Å²) in [6.45, 7) is 3.85. The molecule has 1 unspecified atom stereocenters. The van der Waals surface area contributed by atoms with Crippen molar-refractivity contribution in [3.05, 3.63) is 22.8 Å². The Kier molecular flexibility index (Phi) is 4.90. The summed E-state index contributed by atoms with van der Waals surface area (Å²) in [5.74, 6) is 1.50. The molecule has 1 atom stereocenters. The number of anilines is 1. The lowest BCUT2D eigenvalue weighted by atomic mass is 10.1. The van der Waals surface area contributed by atoms with Crippen LogP contribution in [0.2, 0.25) is 0 Å². The molecule has 0 spiro atoms. The predicted molar refractivity (Wildman–Crippen MR) is 63.3 cm³/mol. The fraction of sp³-hybridized carbons (Fsp3) is 0.500. The predicted octanol–water partition coefficient (Wildman–Crippen LogP) is 2.24. The smallest absolute Gasteiger partial charge is 0.125 e. The van der Waals surface area contributed by atoms with Crippen molar-refractivity contribution in [1.29, 1.82) is 0 Å². The largest absolute Gasteiger partial charge is 0.370 e. The minimum atomic E-state index is 0.588. The molecule has 14 heavy (non-hydrogen) atoms. The number of nitrogens with zero attached hydrogens (tertiary/aromatic N) is 1. The van der Waals surface area contributed by atoms with E-state index in [1.54, 1.807) is 6.20 Å². The average molecular weight is 258 g/mol. The highest BCUT2D eigenvalue weighted by Gasteiger charge is 2.00. The number of halogens is 1. The first-order valence-electron chi connectivity index (χ1n) is 4.78. The molecule has 0 aliphatic rings. The van der Waals surface area contributed by atoms with Gasteiger partial charge in [-0.2, -0.15) is 0 Å². The van der Waals surface area contributed by atoms with Crippen LogP contribution in [0.15, 0.2) is 22.8 Å². The summed E-state index contributed by atoms with van der Waals surface area (Å²) in [6, 6.07) is 3.93. The number of hydrogen-bond acceptors (Lipinski definition) is 3. The lowest BCUT2D eigenvalue weighted by Gasteiger charge is -2.11. The second-order valence-electron chi connectivity index (χ2n) is 3.43. The van der Waals surface area contributed by atoms with Gasteiger partial charge in [0.2, 0.25) is 0 Å². The van der Waals surface area contributed by atoms with Crippen LogP contribution in [0.3, 0.4) is 0 Å². The molecule has 0 saturated heterocycles. The molecule has 1 rings (SSSR count). The van der Waals surface area contributed by atoms with E-state index in [-0.39, 0.29) is 0 Å². The van der Waals surface area contributed by atoms with Crippen molar-refractivity contribution in [3.63, 3.8) is 0 Å². The zero-order chi connectivity index (χ0) is 10.4. The molecule has 3 N–H and O–H groups in total. The fourth-order valence-electron chi connectivity index (χ4n) is 1.15. The zero-order valence-electron chi connectivity index (χ0n) is 8.33. The van der Waals surface area contributed by atoms with Crippen LogP contribution in [0.1, 0.15) is 13.3 Å². The molecule has 1 heterocycles. The van der Waals surface area contributed by atoms with E-state index in [1.807, 2.05) is 12.1 Å². The van der Waals surface area contributed by atoms with Gasteiger partial charge in [-0.1, -0.05) is 6.92 Å². The Bertz CT molecular complexity index is 261. The molecule has 0 radical (unpaired) electrons. The zero-order valence-corrected chi connectivity index (χ0v) is 9.92. The van der Waals surface area contributed by atoms with Crippen LogP contribution in [0.4, 0.5) is 5.82 Å². The second kappa shape index (κ2) is 5.98. The first-order valence-corrected chi connectivity index (χ1v) is 5.57. The molecular weight excluding hydrogens is 242 g/mol. The van der Waals surface area contributed by atoms with Crippen LogP contribution in [0.5, 0.6) is 0 Å². The molecule has 3 nitrogen and oxygen atoms in total. The monoisotopic (exact) mass is 257 g/mol. The Morgan fingerprint density at radius 1 is 1.57 bits per heavy atom. The summed E-state index contributed by atoms with van der Waals surface area (Å²) >= 11 is 3.34. The fourth-order valence-corrected chi connectivity index (χ4v) is 1.38. The third-order valence-corrected chi connectivity index (χ3v) is 2.49. The molecule has 4 heteroatoms. The third-order valence-electron chi connectivity index (χ3n) is 2.02. The minimum absolute atomic E-state index is 0.588. The summed E-state index contributed by atoms with van der Waals surface area (Å²) in [5.41, 5.74) is 5.47. The standard InChI is InChI=1S/C10H16BrN3/c1-8(4-5-12)6-13-10-3-2-9(11)7-14-10/h2-3,7-8H,4-6,12H2,1H3,(H,13,14). The number of hydrogen-bond donors (Lipinski definition) is 2. The second-order valence-corrected chi connectivity index (χ2v) is 4.34. The van der Waals surface area contributed by atoms with E-state index < -0.39 is 0 Å². The van der Waals surface area contributed by atoms with Gasteiger partial charge in [0.25, 0.3) is 0 Å². The number of aromatic nitrogens is 1. The van der Waals surface area contributed by atoms with Crippen LogP contribution >= 0.6 is 15.9 Å². The highest BCUT2D eigenvalue weighted by molar-refractivity contribution is 9.10. The quantitative estimate of drug-likeness (QED) is 0.851. The van der Waals surface area contributed by atoms with Gasteiger partial charge in [0, 0.05) is 17.2 Å². The van der Waals surface area contributed by atoms with E-state index in [4.69, 9.17) is 5.73 Å². The van der Waals surface area contributed by atoms with Crippen LogP contribution in [-0.2, 0) is 0 Å². The van der Waals surface area contributed by atoms with Crippen molar-refractivity contribution in [3.8, 4) is 0 Å². The average Bonchev–Trinajstić information content (AvgIpc) is 2.17. The van der Waals surface area contributed by atoms with Crippen molar-refractivity contribution < 1.29 is 0 Å². The molecule has 0 amide bonds. The van der Waals surface area contributed by atoms with Crippen molar-refractivity contribution in [2.24, 2.45) is 11.7 Å². The Labute approximate surface area is 93.2 Å². The van der Waals surface area contributed by atoms with Gasteiger partial charge in [-0.15, -0.1) is 0 Å². The van der Waals surface area contributed by atoms with E-state index in [2.05, 4.69) is 33.2 Å². The van der Waals surface area contributed by atoms with Crippen molar-refractivity contribution in [2.45, 2.75) is 13.3 Å². The molecule has 0 saturated carbocycles. The van der Waals surface area contributed by atoms with Crippen LogP contribution in [0, 0.1) is 5.92 Å². The van der Waals surface area contributed by atoms with Gasteiger partial charge in [0.15, 0.2) is 0 Å². The van der Waals surface area contributed by atoms with E-state index >= 15 is 0 Å². The van der Waals surface area contributed by atoms with E-state index in [1.165, 1.54) is 0 Å². The number of nitrogens with two attached hydrogens (primary N) is 1. The van der Waals surface area contributed by atoms with Crippen LogP contribution in [0.25, 0.3) is 0 Å². The maximum atomic E-state index is 5.47. The number of pyridine rings is 1. The highest BCUT2D eigenvalue weighted by atomic mass is 79.9. The molecule has 0 aliphatic heterocycles. The molecule has 0 fully saturated rings. The van der Waals surface area contributed by atoms with Crippen molar-refractivity contribution in [1.82, 2.24) is 4.98 Å². The maximum absolute atomic E-state index is 5.47. The summed E-state index contributed by atoms with van der Waals surface area (Å²) in [4.78, 5) is 4.22. The Morgan fingerprint density at radius 2 is 2.36 bits per heavy atom. The lowest BCUT2D eigenvalue weighted by Crippen LogP contribution is -2.15. The third kappa shape index (κ3) is 4.07. The topological polar surface area (TPSA) is 50.9 Å². The lowest BCUT2D eigenvalue weighted by molar-refractivity contribution is 0.567. The molecule has 78 valence electrons. The van der Waals surface area contributed by atoms with Gasteiger partial charge in [-0.05, 0) is 46.9 Å². The molecule has 1 aromatic heterocycles. The summed E-state index contributed by atoms with van der Waals surface area (Å²) in [7, 11) is 0.